The zero-order chi connectivity index (χ0) is 18.4. The molecule has 8 heteroatoms. The monoisotopic (exact) mass is 360 g/mol. The molecule has 1 aromatic carbocycles. The number of amides is 3. The minimum absolute atomic E-state index is 0.206. The summed E-state index contributed by atoms with van der Waals surface area (Å²) in [6, 6.07) is 2.35. The first-order valence-electron chi connectivity index (χ1n) is 8.84. The first kappa shape index (κ1) is 17.0. The fraction of sp³-hybridized carbons (Fsp3) is 0.500. The normalized spacial score (nSPS) is 24.1. The lowest BCUT2D eigenvalue weighted by Gasteiger charge is -2.34. The van der Waals surface area contributed by atoms with E-state index in [1.165, 1.54) is 11.0 Å². The summed E-state index contributed by atoms with van der Waals surface area (Å²) in [7, 11) is 2.03. The van der Waals surface area contributed by atoms with Gasteiger partial charge in [-0.2, -0.15) is 0 Å². The molecule has 0 radical (unpaired) electrons. The number of benzene rings is 1. The van der Waals surface area contributed by atoms with Crippen molar-refractivity contribution in [3.8, 4) is 0 Å². The lowest BCUT2D eigenvalue weighted by molar-refractivity contribution is -0.136. The lowest BCUT2D eigenvalue weighted by Crippen LogP contribution is -2.52. The van der Waals surface area contributed by atoms with Gasteiger partial charge in [0.15, 0.2) is 0 Å². The molecule has 0 saturated carbocycles. The average Bonchev–Trinajstić information content (AvgIpc) is 2.91. The molecule has 26 heavy (non-hydrogen) atoms. The van der Waals surface area contributed by atoms with Gasteiger partial charge in [0.2, 0.25) is 11.8 Å². The maximum Gasteiger partial charge on any atom is 0.255 e. The van der Waals surface area contributed by atoms with Crippen molar-refractivity contribution in [3.63, 3.8) is 0 Å². The van der Waals surface area contributed by atoms with Crippen LogP contribution in [0.15, 0.2) is 12.1 Å². The standard InChI is InChI=1S/C18H21FN4O3/c1-21-4-6-22(7-5-21)15-8-11-10-23(18(26)12(11)9-13(15)19)14-2-3-16(24)20-17(14)25/h8-9,14H,2-7,10H2,1H3,(H,20,24,25). The van der Waals surface area contributed by atoms with E-state index in [0.717, 1.165) is 31.7 Å². The summed E-state index contributed by atoms with van der Waals surface area (Å²) in [5.74, 6) is -1.54. The number of nitrogens with zero attached hydrogens (tertiary/aromatic N) is 3. The van der Waals surface area contributed by atoms with Crippen molar-refractivity contribution in [2.24, 2.45) is 0 Å². The Morgan fingerprint density at radius 2 is 1.85 bits per heavy atom. The van der Waals surface area contributed by atoms with Gasteiger partial charge in [-0.1, -0.05) is 0 Å². The molecule has 3 amide bonds. The van der Waals surface area contributed by atoms with Crippen LogP contribution in [0.5, 0.6) is 0 Å². The maximum atomic E-state index is 14.6. The van der Waals surface area contributed by atoms with Crippen LogP contribution in [0.1, 0.15) is 28.8 Å². The van der Waals surface area contributed by atoms with Crippen LogP contribution in [0.2, 0.25) is 0 Å². The van der Waals surface area contributed by atoms with E-state index >= 15 is 0 Å². The topological polar surface area (TPSA) is 73.0 Å². The third-order valence-electron chi connectivity index (χ3n) is 5.43. The van der Waals surface area contributed by atoms with Gasteiger partial charge in [0.1, 0.15) is 11.9 Å². The van der Waals surface area contributed by atoms with Crippen molar-refractivity contribution < 1.29 is 18.8 Å². The van der Waals surface area contributed by atoms with E-state index in [-0.39, 0.29) is 24.8 Å². The number of anilines is 1. The highest BCUT2D eigenvalue weighted by Gasteiger charge is 2.39. The Kier molecular flexibility index (Phi) is 4.14. The number of nitrogens with one attached hydrogen (secondary N) is 1. The average molecular weight is 360 g/mol. The summed E-state index contributed by atoms with van der Waals surface area (Å²) >= 11 is 0. The van der Waals surface area contributed by atoms with Gasteiger partial charge in [0.25, 0.3) is 5.91 Å². The number of imide groups is 1. The molecule has 0 bridgehead atoms. The number of hydrogen-bond donors (Lipinski definition) is 1. The summed E-state index contributed by atoms with van der Waals surface area (Å²) in [5, 5.41) is 2.27. The number of rotatable bonds is 2. The van der Waals surface area contributed by atoms with Crippen molar-refractivity contribution in [3.05, 3.63) is 29.1 Å². The Morgan fingerprint density at radius 3 is 2.54 bits per heavy atom. The zero-order valence-electron chi connectivity index (χ0n) is 14.6. The number of carbonyl (C=O) groups excluding carboxylic acids is 3. The van der Waals surface area contributed by atoms with Crippen molar-refractivity contribution >= 4 is 23.4 Å². The van der Waals surface area contributed by atoms with Crippen LogP contribution in [0.25, 0.3) is 0 Å². The Morgan fingerprint density at radius 1 is 1.12 bits per heavy atom. The largest absolute Gasteiger partial charge is 0.367 e. The van der Waals surface area contributed by atoms with Crippen LogP contribution < -0.4 is 10.2 Å². The van der Waals surface area contributed by atoms with Gasteiger partial charge in [0.05, 0.1) is 5.69 Å². The quantitative estimate of drug-likeness (QED) is 0.770. The lowest BCUT2D eigenvalue weighted by atomic mass is 10.0. The molecular formula is C18H21FN4O3. The number of piperazine rings is 1. The van der Waals surface area contributed by atoms with Crippen LogP contribution in [0, 0.1) is 5.82 Å². The third kappa shape index (κ3) is 2.84. The molecule has 1 N–H and O–H groups in total. The van der Waals surface area contributed by atoms with Crippen LogP contribution in [0.3, 0.4) is 0 Å². The van der Waals surface area contributed by atoms with E-state index in [2.05, 4.69) is 10.2 Å². The van der Waals surface area contributed by atoms with E-state index in [1.54, 1.807) is 6.07 Å². The molecule has 0 aliphatic carbocycles. The highest BCUT2D eigenvalue weighted by atomic mass is 19.1. The molecule has 2 saturated heterocycles. The van der Waals surface area contributed by atoms with Gasteiger partial charge in [-0.3, -0.25) is 19.7 Å². The SMILES string of the molecule is CN1CCN(c2cc3c(cc2F)C(=O)N(C2CCC(=O)NC2=O)C3)CC1. The molecule has 0 aromatic heterocycles. The molecule has 0 spiro atoms. The van der Waals surface area contributed by atoms with E-state index in [1.807, 2.05) is 11.9 Å². The van der Waals surface area contributed by atoms with Gasteiger partial charge in [0, 0.05) is 44.7 Å². The summed E-state index contributed by atoms with van der Waals surface area (Å²) in [5.41, 5.74) is 1.55. The number of halogens is 1. The Labute approximate surface area is 150 Å². The second-order valence-electron chi connectivity index (χ2n) is 7.15. The van der Waals surface area contributed by atoms with Crippen LogP contribution in [-0.2, 0) is 16.1 Å². The molecule has 4 rings (SSSR count). The molecule has 3 heterocycles. The maximum absolute atomic E-state index is 14.6. The molecular weight excluding hydrogens is 339 g/mol. The van der Waals surface area contributed by atoms with Gasteiger partial charge < -0.3 is 14.7 Å². The summed E-state index contributed by atoms with van der Waals surface area (Å²) in [4.78, 5) is 41.7. The number of carbonyl (C=O) groups is 3. The highest BCUT2D eigenvalue weighted by Crippen LogP contribution is 2.32. The molecule has 1 aromatic rings. The van der Waals surface area contributed by atoms with Crippen LogP contribution in [-0.4, -0.2) is 66.8 Å². The molecule has 138 valence electrons. The smallest absolute Gasteiger partial charge is 0.255 e. The second kappa shape index (κ2) is 6.35. The highest BCUT2D eigenvalue weighted by molar-refractivity contribution is 6.05. The summed E-state index contributed by atoms with van der Waals surface area (Å²) in [6.45, 7) is 3.45. The summed E-state index contributed by atoms with van der Waals surface area (Å²) < 4.78 is 14.6. The van der Waals surface area contributed by atoms with E-state index in [0.29, 0.717) is 17.7 Å². The zero-order valence-corrected chi connectivity index (χ0v) is 14.6. The van der Waals surface area contributed by atoms with Crippen molar-refractivity contribution in [2.75, 3.05) is 38.1 Å². The minimum Gasteiger partial charge on any atom is -0.367 e. The fourth-order valence-corrected chi connectivity index (χ4v) is 3.87. The predicted octanol–water partition coefficient (Wildman–Crippen LogP) is 0.339. The summed E-state index contributed by atoms with van der Waals surface area (Å²) in [6.07, 6.45) is 0.510. The third-order valence-corrected chi connectivity index (χ3v) is 5.43. The first-order valence-corrected chi connectivity index (χ1v) is 8.84. The van der Waals surface area contributed by atoms with Crippen molar-refractivity contribution in [1.29, 1.82) is 0 Å². The van der Waals surface area contributed by atoms with Crippen LogP contribution in [0.4, 0.5) is 10.1 Å². The second-order valence-corrected chi connectivity index (χ2v) is 7.15. The van der Waals surface area contributed by atoms with E-state index in [4.69, 9.17) is 0 Å². The molecule has 3 aliphatic rings. The van der Waals surface area contributed by atoms with E-state index in [9.17, 15) is 18.8 Å². The molecule has 2 fully saturated rings. The van der Waals surface area contributed by atoms with Gasteiger partial charge >= 0.3 is 0 Å². The number of hydrogen-bond acceptors (Lipinski definition) is 5. The van der Waals surface area contributed by atoms with Gasteiger partial charge in [-0.25, -0.2) is 4.39 Å². The molecule has 1 atom stereocenters. The number of piperidine rings is 1. The van der Waals surface area contributed by atoms with Gasteiger partial charge in [-0.05, 0) is 31.2 Å². The molecule has 3 aliphatic heterocycles. The van der Waals surface area contributed by atoms with Gasteiger partial charge in [-0.15, -0.1) is 0 Å². The number of fused-ring (bicyclic) bond motifs is 1. The minimum atomic E-state index is -0.678. The van der Waals surface area contributed by atoms with Crippen molar-refractivity contribution in [2.45, 2.75) is 25.4 Å². The Bertz CT molecular complexity index is 789. The van der Waals surface area contributed by atoms with E-state index < -0.39 is 17.8 Å². The number of likely N-dealkylation sites (N-methyl/N-ethyl adjacent to an activating group) is 1. The van der Waals surface area contributed by atoms with Crippen LogP contribution >= 0.6 is 0 Å². The predicted molar refractivity (Wildman–Crippen MR) is 92.2 cm³/mol. The van der Waals surface area contributed by atoms with Crippen molar-refractivity contribution in [1.82, 2.24) is 15.1 Å². The Hall–Kier alpha value is -2.48. The first-order chi connectivity index (χ1) is 12.4. The Balaban J connectivity index is 1.58. The molecule has 1 unspecified atom stereocenters. The molecule has 7 nitrogen and oxygen atoms in total. The fourth-order valence-electron chi connectivity index (χ4n) is 3.87.